The van der Waals surface area contributed by atoms with Crippen molar-refractivity contribution in [3.8, 4) is 0 Å². The molecule has 0 aliphatic carbocycles. The third kappa shape index (κ3) is 3.42. The van der Waals surface area contributed by atoms with E-state index in [1.807, 2.05) is 0 Å². The van der Waals surface area contributed by atoms with Crippen molar-refractivity contribution in [1.82, 2.24) is 0 Å². The molecular weight excluding hydrogens is 224 g/mol. The summed E-state index contributed by atoms with van der Waals surface area (Å²) in [7, 11) is 0. The van der Waals surface area contributed by atoms with Gasteiger partial charge < -0.3 is 30.6 Å². The molecule has 0 radical (unpaired) electrons. The predicted molar refractivity (Wildman–Crippen MR) is 48.5 cm³/mol. The minimum Gasteiger partial charge on any atom is -0.481 e. The van der Waals surface area contributed by atoms with Crippen molar-refractivity contribution in [2.75, 3.05) is 0 Å². The molecule has 0 saturated carbocycles. The van der Waals surface area contributed by atoms with Gasteiger partial charge in [-0.15, -0.1) is 0 Å². The second kappa shape index (κ2) is 5.75. The summed E-state index contributed by atoms with van der Waals surface area (Å²) >= 11 is 0. The molecule has 0 spiro atoms. The highest BCUT2D eigenvalue weighted by Crippen LogP contribution is 2.14. The minimum absolute atomic E-state index is 1.09. The van der Waals surface area contributed by atoms with E-state index in [1.165, 1.54) is 0 Å². The maximum absolute atomic E-state index is 10.5. The van der Waals surface area contributed by atoms with Crippen molar-refractivity contribution in [2.24, 2.45) is 5.92 Å². The van der Waals surface area contributed by atoms with Gasteiger partial charge in [0.25, 0.3) is 0 Å². The molecule has 0 aromatic heterocycles. The molecule has 0 heterocycles. The average Bonchev–Trinajstić information content (AvgIpc) is 2.13. The number of hydrogen-bond acceptors (Lipinski definition) is 6. The molecule has 6 N–H and O–H groups in total. The van der Waals surface area contributed by atoms with Gasteiger partial charge in [0.15, 0.2) is 5.92 Å². The zero-order valence-corrected chi connectivity index (χ0v) is 8.39. The first-order chi connectivity index (χ1) is 7.20. The molecule has 0 saturated heterocycles. The van der Waals surface area contributed by atoms with E-state index in [4.69, 9.17) is 20.4 Å². The average molecular weight is 238 g/mol. The predicted octanol–water partition coefficient (Wildman–Crippen LogP) is -2.76. The lowest BCUT2D eigenvalue weighted by Gasteiger charge is -2.26. The van der Waals surface area contributed by atoms with Crippen LogP contribution in [0, 0.1) is 5.92 Å². The molecule has 0 aliphatic heterocycles. The fourth-order valence-electron chi connectivity index (χ4n) is 1.08. The molecule has 4 atom stereocenters. The molecule has 0 aliphatic rings. The molecule has 16 heavy (non-hydrogen) atoms. The molecule has 0 fully saturated rings. The van der Waals surface area contributed by atoms with Crippen molar-refractivity contribution >= 4 is 11.9 Å². The summed E-state index contributed by atoms with van der Waals surface area (Å²) in [5, 5.41) is 53.5. The standard InChI is InChI=1S/C8H14O8/c1-2(9)4(10)6(12)5(11)3(7(13)14)8(15)16/h2-6,9-12H,1H3,(H,13,14)(H,15,16). The van der Waals surface area contributed by atoms with Crippen LogP contribution in [-0.2, 0) is 9.59 Å². The molecule has 0 amide bonds. The number of hydrogen-bond donors (Lipinski definition) is 6. The fourth-order valence-corrected chi connectivity index (χ4v) is 1.08. The second-order valence-corrected chi connectivity index (χ2v) is 3.37. The number of carbonyl (C=O) groups is 2. The van der Waals surface area contributed by atoms with Crippen LogP contribution in [0.15, 0.2) is 0 Å². The number of carboxylic acids is 2. The van der Waals surface area contributed by atoms with Gasteiger partial charge in [-0.2, -0.15) is 0 Å². The van der Waals surface area contributed by atoms with Crippen LogP contribution < -0.4 is 0 Å². The van der Waals surface area contributed by atoms with Crippen LogP contribution in [0.3, 0.4) is 0 Å². The Labute approximate surface area is 90.4 Å². The zero-order valence-electron chi connectivity index (χ0n) is 8.39. The first-order valence-corrected chi connectivity index (χ1v) is 4.38. The van der Waals surface area contributed by atoms with Crippen LogP contribution in [0.4, 0.5) is 0 Å². The van der Waals surface area contributed by atoms with E-state index < -0.39 is 42.3 Å². The Bertz CT molecular complexity index is 249. The normalized spacial score (nSPS) is 18.9. The number of rotatable bonds is 6. The number of aliphatic hydroxyl groups is 4. The molecule has 94 valence electrons. The summed E-state index contributed by atoms with van der Waals surface area (Å²) in [6.45, 7) is 1.09. The Hall–Kier alpha value is -1.22. The minimum atomic E-state index is -2.27. The van der Waals surface area contributed by atoms with Crippen molar-refractivity contribution in [3.05, 3.63) is 0 Å². The lowest BCUT2D eigenvalue weighted by molar-refractivity contribution is -0.170. The van der Waals surface area contributed by atoms with Gasteiger partial charge in [0.05, 0.1) is 6.10 Å². The summed E-state index contributed by atoms with van der Waals surface area (Å²) in [5.74, 6) is -5.97. The van der Waals surface area contributed by atoms with Gasteiger partial charge in [-0.1, -0.05) is 0 Å². The van der Waals surface area contributed by atoms with Gasteiger partial charge in [-0.25, -0.2) is 0 Å². The van der Waals surface area contributed by atoms with E-state index >= 15 is 0 Å². The van der Waals surface area contributed by atoms with E-state index in [9.17, 15) is 19.8 Å². The van der Waals surface area contributed by atoms with Gasteiger partial charge >= 0.3 is 11.9 Å². The SMILES string of the molecule is CC(O)C(O)C(O)C(O)C(C(=O)O)C(=O)O. The van der Waals surface area contributed by atoms with Gasteiger partial charge in [0, 0.05) is 0 Å². The largest absolute Gasteiger partial charge is 0.481 e. The Morgan fingerprint density at radius 2 is 1.19 bits per heavy atom. The number of aliphatic carboxylic acids is 2. The summed E-state index contributed by atoms with van der Waals surface area (Å²) in [6.07, 6.45) is -7.57. The maximum atomic E-state index is 10.5. The number of carboxylic acid groups (broad SMARTS) is 2. The van der Waals surface area contributed by atoms with Crippen LogP contribution >= 0.6 is 0 Å². The van der Waals surface area contributed by atoms with Crippen LogP contribution in [0.25, 0.3) is 0 Å². The maximum Gasteiger partial charge on any atom is 0.320 e. The molecule has 0 aromatic carbocycles. The van der Waals surface area contributed by atoms with E-state index in [2.05, 4.69) is 0 Å². The topological polar surface area (TPSA) is 156 Å². The molecule has 0 bridgehead atoms. The first kappa shape index (κ1) is 14.8. The van der Waals surface area contributed by atoms with E-state index in [0.717, 1.165) is 6.92 Å². The summed E-state index contributed by atoms with van der Waals surface area (Å²) in [6, 6.07) is 0. The second-order valence-electron chi connectivity index (χ2n) is 3.37. The van der Waals surface area contributed by atoms with Gasteiger partial charge in [-0.3, -0.25) is 9.59 Å². The van der Waals surface area contributed by atoms with Crippen LogP contribution in [-0.4, -0.2) is 67.0 Å². The molecule has 0 rings (SSSR count). The summed E-state index contributed by atoms with van der Waals surface area (Å²) in [5.41, 5.74) is 0. The molecule has 0 aromatic rings. The van der Waals surface area contributed by atoms with Crippen molar-refractivity contribution in [3.63, 3.8) is 0 Å². The summed E-state index contributed by atoms with van der Waals surface area (Å²) in [4.78, 5) is 21.0. The van der Waals surface area contributed by atoms with E-state index in [-0.39, 0.29) is 0 Å². The number of aliphatic hydroxyl groups excluding tert-OH is 4. The Morgan fingerprint density at radius 3 is 1.44 bits per heavy atom. The van der Waals surface area contributed by atoms with Crippen molar-refractivity contribution in [1.29, 1.82) is 0 Å². The first-order valence-electron chi connectivity index (χ1n) is 4.38. The van der Waals surface area contributed by atoms with Crippen LogP contribution in [0.5, 0.6) is 0 Å². The third-order valence-electron chi connectivity index (χ3n) is 2.07. The highest BCUT2D eigenvalue weighted by molar-refractivity contribution is 5.93. The lowest BCUT2D eigenvalue weighted by atomic mass is 9.93. The monoisotopic (exact) mass is 238 g/mol. The Balaban J connectivity index is 4.80. The van der Waals surface area contributed by atoms with E-state index in [0.29, 0.717) is 0 Å². The van der Waals surface area contributed by atoms with Crippen molar-refractivity contribution in [2.45, 2.75) is 31.3 Å². The Morgan fingerprint density at radius 1 is 0.812 bits per heavy atom. The highest BCUT2D eigenvalue weighted by atomic mass is 16.4. The summed E-state index contributed by atoms with van der Waals surface area (Å²) < 4.78 is 0. The van der Waals surface area contributed by atoms with Gasteiger partial charge in [0.1, 0.15) is 18.3 Å². The van der Waals surface area contributed by atoms with E-state index in [1.54, 1.807) is 0 Å². The Kier molecular flexibility index (Phi) is 5.31. The molecule has 4 unspecified atom stereocenters. The molecular formula is C8H14O8. The molecule has 8 nitrogen and oxygen atoms in total. The lowest BCUT2D eigenvalue weighted by Crippen LogP contribution is -2.50. The van der Waals surface area contributed by atoms with Crippen LogP contribution in [0.2, 0.25) is 0 Å². The van der Waals surface area contributed by atoms with Crippen LogP contribution in [0.1, 0.15) is 6.92 Å². The quantitative estimate of drug-likeness (QED) is 0.272. The fraction of sp³-hybridized carbons (Fsp3) is 0.750. The molecule has 8 heteroatoms. The van der Waals surface area contributed by atoms with Gasteiger partial charge in [-0.05, 0) is 6.92 Å². The zero-order chi connectivity index (χ0) is 13.0. The smallest absolute Gasteiger partial charge is 0.320 e. The van der Waals surface area contributed by atoms with Gasteiger partial charge in [0.2, 0.25) is 0 Å². The highest BCUT2D eigenvalue weighted by Gasteiger charge is 2.41. The third-order valence-corrected chi connectivity index (χ3v) is 2.07. The van der Waals surface area contributed by atoms with Crippen molar-refractivity contribution < 1.29 is 40.2 Å².